The van der Waals surface area contributed by atoms with E-state index in [-0.39, 0.29) is 35.4 Å². The number of piperidine rings is 1. The largest absolute Gasteiger partial charge is 0.466 e. The Balaban J connectivity index is 1.46. The van der Waals surface area contributed by atoms with Crippen molar-refractivity contribution in [2.75, 3.05) is 45.2 Å². The molecule has 12 heteroatoms. The Bertz CT molecular complexity index is 1310. The zero-order valence-electron chi connectivity index (χ0n) is 22.5. The van der Waals surface area contributed by atoms with Crippen molar-refractivity contribution >= 4 is 44.2 Å². The van der Waals surface area contributed by atoms with Crippen LogP contribution in [0.25, 0.3) is 0 Å². The molecule has 1 aromatic heterocycles. The highest BCUT2D eigenvalue weighted by molar-refractivity contribution is 7.89. The van der Waals surface area contributed by atoms with Crippen molar-refractivity contribution in [1.29, 1.82) is 0 Å². The number of carbonyl (C=O) groups excluding carboxylic acids is 3. The molecule has 0 atom stereocenters. The number of rotatable bonds is 9. The molecule has 0 spiro atoms. The zero-order chi connectivity index (χ0) is 28.2. The Labute approximate surface area is 233 Å². The molecule has 2 aromatic rings. The van der Waals surface area contributed by atoms with E-state index < -0.39 is 21.9 Å². The van der Waals surface area contributed by atoms with Crippen LogP contribution in [0.4, 0.5) is 5.00 Å². The van der Waals surface area contributed by atoms with Gasteiger partial charge in [-0.3, -0.25) is 14.5 Å². The molecule has 1 aromatic carbocycles. The van der Waals surface area contributed by atoms with Crippen LogP contribution in [0, 0.1) is 5.92 Å². The van der Waals surface area contributed by atoms with Crippen molar-refractivity contribution in [3.05, 3.63) is 45.8 Å². The minimum atomic E-state index is -3.77. The number of hydrogen-bond acceptors (Lipinski definition) is 9. The van der Waals surface area contributed by atoms with Gasteiger partial charge in [-0.05, 0) is 69.0 Å². The molecular formula is C27H35N3O7S2. The number of carbonyl (C=O) groups is 3. The van der Waals surface area contributed by atoms with Crippen molar-refractivity contribution in [2.45, 2.75) is 51.0 Å². The van der Waals surface area contributed by atoms with Gasteiger partial charge in [0, 0.05) is 36.6 Å². The van der Waals surface area contributed by atoms with E-state index in [1.54, 1.807) is 6.92 Å². The van der Waals surface area contributed by atoms with Crippen LogP contribution in [-0.2, 0) is 37.3 Å². The normalized spacial score (nSPS) is 16.9. The number of methoxy groups -OCH3 is 1. The predicted molar refractivity (Wildman–Crippen MR) is 147 cm³/mol. The number of nitrogens with zero attached hydrogens (tertiary/aromatic N) is 2. The molecule has 0 bridgehead atoms. The van der Waals surface area contributed by atoms with Crippen LogP contribution >= 0.6 is 11.3 Å². The maximum absolute atomic E-state index is 13.2. The number of thiophene rings is 1. The third-order valence-electron chi connectivity index (χ3n) is 7.12. The average molecular weight is 578 g/mol. The van der Waals surface area contributed by atoms with Crippen LogP contribution in [0.1, 0.15) is 64.3 Å². The first kappa shape index (κ1) is 29.2. The maximum Gasteiger partial charge on any atom is 0.341 e. The Kier molecular flexibility index (Phi) is 9.42. The zero-order valence-corrected chi connectivity index (χ0v) is 24.2. The van der Waals surface area contributed by atoms with Crippen LogP contribution in [-0.4, -0.2) is 75.4 Å². The molecule has 0 unspecified atom stereocenters. The Morgan fingerprint density at radius 2 is 1.77 bits per heavy atom. The topological polar surface area (TPSA) is 122 Å². The maximum atomic E-state index is 13.2. The van der Waals surface area contributed by atoms with E-state index in [0.717, 1.165) is 36.5 Å². The van der Waals surface area contributed by atoms with Gasteiger partial charge in [0.1, 0.15) is 5.00 Å². The fourth-order valence-electron chi connectivity index (χ4n) is 5.06. The van der Waals surface area contributed by atoms with E-state index in [1.165, 1.54) is 47.0 Å². The fraction of sp³-hybridized carbons (Fsp3) is 0.519. The summed E-state index contributed by atoms with van der Waals surface area (Å²) in [7, 11) is -2.45. The summed E-state index contributed by atoms with van der Waals surface area (Å²) in [5, 5.41) is 3.29. The summed E-state index contributed by atoms with van der Waals surface area (Å²) >= 11 is 1.38. The Morgan fingerprint density at radius 1 is 1.08 bits per heavy atom. The van der Waals surface area contributed by atoms with Gasteiger partial charge in [0.15, 0.2) is 0 Å². The minimum absolute atomic E-state index is 0.0755. The van der Waals surface area contributed by atoms with Crippen molar-refractivity contribution in [3.8, 4) is 0 Å². The van der Waals surface area contributed by atoms with Crippen LogP contribution in [0.3, 0.4) is 0 Å². The first-order valence-corrected chi connectivity index (χ1v) is 15.5. The highest BCUT2D eigenvalue weighted by atomic mass is 32.2. The molecule has 0 saturated carbocycles. The van der Waals surface area contributed by atoms with Gasteiger partial charge >= 0.3 is 11.9 Å². The number of hydrogen-bond donors (Lipinski definition) is 1. The van der Waals surface area contributed by atoms with Gasteiger partial charge in [-0.25, -0.2) is 13.2 Å². The SMILES string of the molecule is CCCN1CCc2c(sc(NC(=O)c3ccc(S(=O)(=O)N4CCC(C(=O)OCC)CC4)cc3)c2C(=O)OC)C1. The number of benzene rings is 1. The van der Waals surface area contributed by atoms with Gasteiger partial charge in [0.2, 0.25) is 10.0 Å². The number of fused-ring (bicyclic) bond motifs is 1. The van der Waals surface area contributed by atoms with Crippen molar-refractivity contribution in [2.24, 2.45) is 5.92 Å². The Morgan fingerprint density at radius 3 is 2.38 bits per heavy atom. The number of nitrogens with one attached hydrogen (secondary N) is 1. The molecule has 1 saturated heterocycles. The van der Waals surface area contributed by atoms with Crippen molar-refractivity contribution in [1.82, 2.24) is 9.21 Å². The first-order valence-electron chi connectivity index (χ1n) is 13.2. The molecule has 0 aliphatic carbocycles. The number of anilines is 1. The van der Waals surface area contributed by atoms with Gasteiger partial charge in [0.25, 0.3) is 5.91 Å². The summed E-state index contributed by atoms with van der Waals surface area (Å²) in [6.07, 6.45) is 2.55. The highest BCUT2D eigenvalue weighted by Crippen LogP contribution is 2.38. The molecule has 0 radical (unpaired) electrons. The number of amides is 1. The predicted octanol–water partition coefficient (Wildman–Crippen LogP) is 3.52. The van der Waals surface area contributed by atoms with Crippen LogP contribution in [0.15, 0.2) is 29.2 Å². The molecular weight excluding hydrogens is 542 g/mol. The van der Waals surface area contributed by atoms with Gasteiger partial charge < -0.3 is 14.8 Å². The van der Waals surface area contributed by atoms with E-state index in [2.05, 4.69) is 17.1 Å². The van der Waals surface area contributed by atoms with Crippen molar-refractivity contribution < 1.29 is 32.3 Å². The molecule has 212 valence electrons. The second-order valence-corrected chi connectivity index (χ2v) is 12.7. The molecule has 3 heterocycles. The monoisotopic (exact) mass is 577 g/mol. The van der Waals surface area contributed by atoms with E-state index in [1.807, 2.05) is 0 Å². The third kappa shape index (κ3) is 6.34. The summed E-state index contributed by atoms with van der Waals surface area (Å²) in [5.41, 5.74) is 1.58. The number of esters is 2. The molecule has 39 heavy (non-hydrogen) atoms. The number of sulfonamides is 1. The van der Waals surface area contributed by atoms with Crippen molar-refractivity contribution in [3.63, 3.8) is 0 Å². The lowest BCUT2D eigenvalue weighted by atomic mass is 9.98. The van der Waals surface area contributed by atoms with Gasteiger partial charge in [-0.15, -0.1) is 11.3 Å². The summed E-state index contributed by atoms with van der Waals surface area (Å²) in [4.78, 5) is 41.1. The van der Waals surface area contributed by atoms with Crippen LogP contribution < -0.4 is 5.32 Å². The van der Waals surface area contributed by atoms with E-state index in [0.29, 0.717) is 36.4 Å². The first-order chi connectivity index (χ1) is 18.7. The highest BCUT2D eigenvalue weighted by Gasteiger charge is 2.33. The third-order valence-corrected chi connectivity index (χ3v) is 10.2. The summed E-state index contributed by atoms with van der Waals surface area (Å²) < 4.78 is 37.7. The summed E-state index contributed by atoms with van der Waals surface area (Å²) in [6.45, 7) is 7.14. The molecule has 1 fully saturated rings. The van der Waals surface area contributed by atoms with Gasteiger partial charge in [-0.1, -0.05) is 6.92 Å². The van der Waals surface area contributed by atoms with E-state index >= 15 is 0 Å². The minimum Gasteiger partial charge on any atom is -0.466 e. The summed E-state index contributed by atoms with van der Waals surface area (Å²) in [6, 6.07) is 5.74. The molecule has 10 nitrogen and oxygen atoms in total. The average Bonchev–Trinajstić information content (AvgIpc) is 3.30. The second kappa shape index (κ2) is 12.6. The Hall–Kier alpha value is -2.80. The van der Waals surface area contributed by atoms with Gasteiger partial charge in [0.05, 0.1) is 30.1 Å². The summed E-state index contributed by atoms with van der Waals surface area (Å²) in [5.74, 6) is -1.51. The molecule has 1 N–H and O–H groups in total. The lowest BCUT2D eigenvalue weighted by molar-refractivity contribution is -0.149. The van der Waals surface area contributed by atoms with E-state index in [9.17, 15) is 22.8 Å². The van der Waals surface area contributed by atoms with Gasteiger partial charge in [-0.2, -0.15) is 4.31 Å². The standard InChI is InChI=1S/C27H35N3O7S2/c1-4-13-29-14-12-21-22(17-29)38-25(23(21)27(33)36-3)28-24(31)18-6-8-20(9-7-18)39(34,35)30-15-10-19(11-16-30)26(32)37-5-2/h6-9,19H,4-5,10-17H2,1-3H3,(H,28,31). The molecule has 4 rings (SSSR count). The quantitative estimate of drug-likeness (QED) is 0.450. The molecule has 2 aliphatic rings. The van der Waals surface area contributed by atoms with E-state index in [4.69, 9.17) is 9.47 Å². The molecule has 1 amide bonds. The lowest BCUT2D eigenvalue weighted by Crippen LogP contribution is -2.40. The van der Waals surface area contributed by atoms with Crippen LogP contribution in [0.2, 0.25) is 0 Å². The fourth-order valence-corrected chi connectivity index (χ4v) is 7.81. The van der Waals surface area contributed by atoms with Crippen LogP contribution in [0.5, 0.6) is 0 Å². The number of ether oxygens (including phenoxy) is 2. The smallest absolute Gasteiger partial charge is 0.341 e. The lowest BCUT2D eigenvalue weighted by Gasteiger charge is -2.30. The second-order valence-electron chi connectivity index (χ2n) is 9.63. The molecule has 2 aliphatic heterocycles.